The van der Waals surface area contributed by atoms with Gasteiger partial charge in [-0.1, -0.05) is 26.8 Å². The zero-order valence-electron chi connectivity index (χ0n) is 13.9. The fourth-order valence-electron chi connectivity index (χ4n) is 6.46. The van der Waals surface area contributed by atoms with E-state index in [2.05, 4.69) is 26.8 Å². The molecule has 2 saturated carbocycles. The van der Waals surface area contributed by atoms with Crippen molar-refractivity contribution in [3.63, 3.8) is 0 Å². The molecule has 2 N–H and O–H groups in total. The molecule has 0 saturated heterocycles. The van der Waals surface area contributed by atoms with Gasteiger partial charge in [0.2, 0.25) is 0 Å². The minimum Gasteiger partial charge on any atom is -0.508 e. The summed E-state index contributed by atoms with van der Waals surface area (Å²) in [5.74, 6) is 3.57. The third-order valence-corrected chi connectivity index (χ3v) is 7.30. The van der Waals surface area contributed by atoms with E-state index in [4.69, 9.17) is 0 Å². The molecule has 3 aliphatic rings. The summed E-state index contributed by atoms with van der Waals surface area (Å²) in [7, 11) is 0. The van der Waals surface area contributed by atoms with Crippen LogP contribution in [0.4, 0.5) is 0 Å². The van der Waals surface area contributed by atoms with E-state index in [0.29, 0.717) is 35.3 Å². The van der Waals surface area contributed by atoms with E-state index in [-0.39, 0.29) is 11.5 Å². The molecule has 0 radical (unpaired) electrons. The molecule has 3 unspecified atom stereocenters. The van der Waals surface area contributed by atoms with Crippen molar-refractivity contribution in [2.75, 3.05) is 0 Å². The van der Waals surface area contributed by atoms with Gasteiger partial charge in [0.25, 0.3) is 0 Å². The van der Waals surface area contributed by atoms with E-state index >= 15 is 0 Å². The summed E-state index contributed by atoms with van der Waals surface area (Å²) in [5, 5.41) is 20.4. The summed E-state index contributed by atoms with van der Waals surface area (Å²) in [6.07, 6.45) is 4.25. The van der Waals surface area contributed by atoms with Crippen molar-refractivity contribution >= 4 is 0 Å². The molecule has 0 aromatic heterocycles. The van der Waals surface area contributed by atoms with Crippen LogP contribution >= 0.6 is 0 Å². The van der Waals surface area contributed by atoms with Crippen molar-refractivity contribution in [1.82, 2.24) is 0 Å². The van der Waals surface area contributed by atoms with Gasteiger partial charge in [-0.3, -0.25) is 0 Å². The smallest absolute Gasteiger partial charge is 0.115 e. The lowest BCUT2D eigenvalue weighted by atomic mass is 9.50. The van der Waals surface area contributed by atoms with Crippen LogP contribution in [0.5, 0.6) is 5.75 Å². The first-order valence-electron chi connectivity index (χ1n) is 8.91. The Bertz CT molecular complexity index is 595. The van der Waals surface area contributed by atoms with Crippen LogP contribution in [0.25, 0.3) is 0 Å². The molecule has 4 rings (SSSR count). The topological polar surface area (TPSA) is 40.5 Å². The molecule has 2 heteroatoms. The van der Waals surface area contributed by atoms with E-state index < -0.39 is 0 Å². The molecule has 0 heterocycles. The fraction of sp³-hybridized carbons (Fsp3) is 0.700. The Morgan fingerprint density at radius 2 is 1.91 bits per heavy atom. The number of aliphatic hydroxyl groups is 1. The minimum atomic E-state index is -0.116. The Hall–Kier alpha value is -1.02. The van der Waals surface area contributed by atoms with Crippen molar-refractivity contribution in [3.8, 4) is 5.75 Å². The summed E-state index contributed by atoms with van der Waals surface area (Å²) < 4.78 is 0. The Labute approximate surface area is 133 Å². The van der Waals surface area contributed by atoms with E-state index in [9.17, 15) is 10.2 Å². The molecule has 2 fully saturated rings. The zero-order valence-corrected chi connectivity index (χ0v) is 13.9. The van der Waals surface area contributed by atoms with Gasteiger partial charge in [0, 0.05) is 0 Å². The van der Waals surface area contributed by atoms with Crippen LogP contribution in [0, 0.1) is 29.1 Å². The van der Waals surface area contributed by atoms with E-state index in [1.54, 1.807) is 0 Å². The standard InChI is InChI=1S/C20H28O2/c1-11-8-13-9-14(21)4-5-15(13)18-12(2)10-20(3)16(19(11)18)6-7-17(20)22/h4-5,9,11-12,16-19,21-22H,6-8,10H2,1-3H3/t11-,12-,16?,17-,18?,19?,20-/m0/s1. The van der Waals surface area contributed by atoms with Crippen molar-refractivity contribution in [2.45, 2.75) is 58.5 Å². The lowest BCUT2D eigenvalue weighted by Gasteiger charge is -2.55. The first-order valence-corrected chi connectivity index (χ1v) is 8.91. The first-order chi connectivity index (χ1) is 10.4. The Morgan fingerprint density at radius 1 is 1.14 bits per heavy atom. The lowest BCUT2D eigenvalue weighted by Crippen LogP contribution is -2.49. The average molecular weight is 300 g/mol. The molecule has 1 aromatic carbocycles. The van der Waals surface area contributed by atoms with Gasteiger partial charge in [0.15, 0.2) is 0 Å². The maximum Gasteiger partial charge on any atom is 0.115 e. The second kappa shape index (κ2) is 4.74. The predicted molar refractivity (Wildman–Crippen MR) is 87.8 cm³/mol. The molecular formula is C20H28O2. The summed E-state index contributed by atoms with van der Waals surface area (Å²) in [6, 6.07) is 6.00. The number of benzene rings is 1. The van der Waals surface area contributed by atoms with Crippen LogP contribution in [-0.4, -0.2) is 16.3 Å². The minimum absolute atomic E-state index is 0.114. The van der Waals surface area contributed by atoms with E-state index in [1.165, 1.54) is 17.5 Å². The Kier molecular flexibility index (Phi) is 3.14. The molecular weight excluding hydrogens is 272 g/mol. The third-order valence-electron chi connectivity index (χ3n) is 7.30. The maximum atomic E-state index is 10.6. The molecule has 22 heavy (non-hydrogen) atoms. The number of rotatable bonds is 0. The molecule has 0 bridgehead atoms. The predicted octanol–water partition coefficient (Wildman–Crippen LogP) is 4.10. The van der Waals surface area contributed by atoms with Gasteiger partial charge in [0.1, 0.15) is 5.75 Å². The number of phenolic OH excluding ortho intramolecular Hbond substituents is 1. The molecule has 0 spiro atoms. The molecule has 0 aliphatic heterocycles. The zero-order chi connectivity index (χ0) is 15.6. The summed E-state index contributed by atoms with van der Waals surface area (Å²) >= 11 is 0. The summed E-state index contributed by atoms with van der Waals surface area (Å²) in [5.41, 5.74) is 2.93. The largest absolute Gasteiger partial charge is 0.508 e. The van der Waals surface area contributed by atoms with Gasteiger partial charge >= 0.3 is 0 Å². The highest BCUT2D eigenvalue weighted by Crippen LogP contribution is 2.63. The van der Waals surface area contributed by atoms with Gasteiger partial charge < -0.3 is 10.2 Å². The van der Waals surface area contributed by atoms with Crippen LogP contribution < -0.4 is 0 Å². The third kappa shape index (κ3) is 1.83. The molecule has 0 amide bonds. The van der Waals surface area contributed by atoms with Crippen LogP contribution in [0.15, 0.2) is 18.2 Å². The summed E-state index contributed by atoms with van der Waals surface area (Å²) in [6.45, 7) is 7.09. The Morgan fingerprint density at radius 3 is 2.68 bits per heavy atom. The number of phenols is 1. The van der Waals surface area contributed by atoms with Crippen LogP contribution in [0.3, 0.4) is 0 Å². The van der Waals surface area contributed by atoms with Crippen LogP contribution in [0.1, 0.15) is 57.1 Å². The molecule has 1 aromatic rings. The maximum absolute atomic E-state index is 10.6. The number of aromatic hydroxyl groups is 1. The monoisotopic (exact) mass is 300 g/mol. The van der Waals surface area contributed by atoms with Crippen molar-refractivity contribution < 1.29 is 10.2 Å². The first kappa shape index (κ1) is 14.6. The highest BCUT2D eigenvalue weighted by molar-refractivity contribution is 5.41. The van der Waals surface area contributed by atoms with E-state index in [1.807, 2.05) is 12.1 Å². The second-order valence-corrected chi connectivity index (χ2v) is 8.55. The lowest BCUT2D eigenvalue weighted by molar-refractivity contribution is -0.0574. The molecule has 3 aliphatic carbocycles. The van der Waals surface area contributed by atoms with Gasteiger partial charge in [0.05, 0.1) is 6.10 Å². The van der Waals surface area contributed by atoms with Crippen molar-refractivity contribution in [2.24, 2.45) is 29.1 Å². The van der Waals surface area contributed by atoms with E-state index in [0.717, 1.165) is 19.3 Å². The van der Waals surface area contributed by atoms with Gasteiger partial charge in [-0.2, -0.15) is 0 Å². The second-order valence-electron chi connectivity index (χ2n) is 8.55. The highest BCUT2D eigenvalue weighted by atomic mass is 16.3. The molecule has 2 nitrogen and oxygen atoms in total. The summed E-state index contributed by atoms with van der Waals surface area (Å²) in [4.78, 5) is 0. The number of hydrogen-bond acceptors (Lipinski definition) is 2. The van der Waals surface area contributed by atoms with Gasteiger partial charge in [-0.05, 0) is 83.9 Å². The van der Waals surface area contributed by atoms with Gasteiger partial charge in [-0.15, -0.1) is 0 Å². The quantitative estimate of drug-likeness (QED) is 0.757. The number of hydrogen-bond donors (Lipinski definition) is 2. The highest BCUT2D eigenvalue weighted by Gasteiger charge is 2.58. The Balaban J connectivity index is 1.81. The molecule has 7 atom stereocenters. The number of aliphatic hydroxyl groups excluding tert-OH is 1. The average Bonchev–Trinajstić information content (AvgIpc) is 2.74. The fourth-order valence-corrected chi connectivity index (χ4v) is 6.46. The van der Waals surface area contributed by atoms with Crippen molar-refractivity contribution in [1.29, 1.82) is 0 Å². The number of fused-ring (bicyclic) bond motifs is 5. The van der Waals surface area contributed by atoms with Crippen LogP contribution in [-0.2, 0) is 6.42 Å². The van der Waals surface area contributed by atoms with Crippen molar-refractivity contribution in [3.05, 3.63) is 29.3 Å². The van der Waals surface area contributed by atoms with Crippen LogP contribution in [0.2, 0.25) is 0 Å². The van der Waals surface area contributed by atoms with Gasteiger partial charge in [-0.25, -0.2) is 0 Å². The SMILES string of the molecule is C[C@H]1C[C@@]2(C)C(CC[C@@H]2O)C2C1c1ccc(O)cc1C[C@@H]2C. The molecule has 120 valence electrons. The normalized spacial score (nSPS) is 46.7.